The quantitative estimate of drug-likeness (QED) is 0.894. The third kappa shape index (κ3) is 3.24. The fraction of sp³-hybridized carbons (Fsp3) is 0.438. The summed E-state index contributed by atoms with van der Waals surface area (Å²) in [5.74, 6) is 1.53. The van der Waals surface area contributed by atoms with E-state index in [-0.39, 0.29) is 0 Å². The maximum atomic E-state index is 5.65. The van der Waals surface area contributed by atoms with E-state index in [2.05, 4.69) is 43.3 Å². The molecule has 0 aliphatic heterocycles. The van der Waals surface area contributed by atoms with Crippen LogP contribution in [0.1, 0.15) is 30.7 Å². The monoisotopic (exact) mass is 258 g/mol. The maximum absolute atomic E-state index is 5.65. The number of benzene rings is 1. The topological polar surface area (TPSA) is 52.0 Å². The minimum Gasteiger partial charge on any atom is -0.356 e. The first-order valence-corrected chi connectivity index (χ1v) is 6.86. The lowest BCUT2D eigenvalue weighted by Gasteiger charge is -2.06. The van der Waals surface area contributed by atoms with Crippen molar-refractivity contribution in [3.8, 4) is 11.3 Å². The Morgan fingerprint density at radius 1 is 1.21 bits per heavy atom. The first kappa shape index (κ1) is 13.8. The average Bonchev–Trinajstić information content (AvgIpc) is 2.72. The van der Waals surface area contributed by atoms with Gasteiger partial charge in [0, 0.05) is 11.1 Å². The Labute approximate surface area is 114 Å². The Balaban J connectivity index is 2.27. The molecule has 19 heavy (non-hydrogen) atoms. The molecule has 0 aliphatic rings. The molecule has 2 aromatic rings. The van der Waals surface area contributed by atoms with Crippen molar-refractivity contribution in [3.05, 3.63) is 41.1 Å². The minimum atomic E-state index is 0.612. The van der Waals surface area contributed by atoms with Crippen LogP contribution in [0, 0.1) is 12.8 Å². The van der Waals surface area contributed by atoms with Gasteiger partial charge < -0.3 is 10.3 Å². The summed E-state index contributed by atoms with van der Waals surface area (Å²) < 4.78 is 5.45. The van der Waals surface area contributed by atoms with Gasteiger partial charge in [0.25, 0.3) is 0 Å². The number of aryl methyl sites for hydroxylation is 1. The lowest BCUT2D eigenvalue weighted by molar-refractivity contribution is 0.426. The van der Waals surface area contributed by atoms with Gasteiger partial charge in [-0.1, -0.05) is 43.3 Å². The zero-order chi connectivity index (χ0) is 13.8. The van der Waals surface area contributed by atoms with Crippen molar-refractivity contribution in [2.45, 2.75) is 33.6 Å². The molecule has 0 fully saturated rings. The molecular formula is C16H22N2O. The predicted molar refractivity (Wildman–Crippen MR) is 78.0 cm³/mol. The van der Waals surface area contributed by atoms with Gasteiger partial charge in [0.15, 0.2) is 5.76 Å². The molecule has 2 N–H and O–H groups in total. The zero-order valence-corrected chi connectivity index (χ0v) is 11.9. The average molecular weight is 258 g/mol. The summed E-state index contributed by atoms with van der Waals surface area (Å²) in [6, 6.07) is 8.55. The summed E-state index contributed by atoms with van der Waals surface area (Å²) >= 11 is 0. The van der Waals surface area contributed by atoms with Crippen molar-refractivity contribution >= 4 is 0 Å². The normalized spacial score (nSPS) is 11.2. The third-order valence-corrected chi connectivity index (χ3v) is 3.24. The van der Waals surface area contributed by atoms with E-state index < -0.39 is 0 Å². The third-order valence-electron chi connectivity index (χ3n) is 3.24. The van der Waals surface area contributed by atoms with E-state index in [0.29, 0.717) is 12.5 Å². The number of nitrogens with two attached hydrogens (primary N) is 1. The molecule has 0 atom stereocenters. The van der Waals surface area contributed by atoms with E-state index in [1.54, 1.807) is 0 Å². The minimum absolute atomic E-state index is 0.612. The largest absolute Gasteiger partial charge is 0.356 e. The van der Waals surface area contributed by atoms with Gasteiger partial charge in [-0.2, -0.15) is 0 Å². The van der Waals surface area contributed by atoms with Crippen LogP contribution in [-0.2, 0) is 12.8 Å². The number of rotatable bonds is 5. The summed E-state index contributed by atoms with van der Waals surface area (Å²) in [5.41, 5.74) is 10.1. The number of nitrogens with zero attached hydrogens (tertiary/aromatic N) is 1. The molecule has 0 bridgehead atoms. The Morgan fingerprint density at radius 3 is 2.47 bits per heavy atom. The van der Waals surface area contributed by atoms with Crippen molar-refractivity contribution < 1.29 is 4.52 Å². The summed E-state index contributed by atoms with van der Waals surface area (Å²) in [7, 11) is 0. The molecule has 0 saturated heterocycles. The van der Waals surface area contributed by atoms with Gasteiger partial charge in [-0.25, -0.2) is 0 Å². The SMILES string of the molecule is Cc1noc(-c2ccc(CC(C)C)cc2)c1CCN. The smallest absolute Gasteiger partial charge is 0.170 e. The lowest BCUT2D eigenvalue weighted by Crippen LogP contribution is -2.04. The molecular weight excluding hydrogens is 236 g/mol. The first-order chi connectivity index (χ1) is 9.11. The fourth-order valence-electron chi connectivity index (χ4n) is 2.32. The van der Waals surface area contributed by atoms with Crippen LogP contribution in [0.2, 0.25) is 0 Å². The van der Waals surface area contributed by atoms with E-state index in [9.17, 15) is 0 Å². The second-order valence-corrected chi connectivity index (χ2v) is 5.41. The number of hydrogen-bond acceptors (Lipinski definition) is 3. The summed E-state index contributed by atoms with van der Waals surface area (Å²) in [6.45, 7) is 7.03. The van der Waals surface area contributed by atoms with Crippen molar-refractivity contribution in [1.82, 2.24) is 5.16 Å². The fourth-order valence-corrected chi connectivity index (χ4v) is 2.32. The Bertz CT molecular complexity index is 526. The van der Waals surface area contributed by atoms with Crippen LogP contribution in [0.5, 0.6) is 0 Å². The van der Waals surface area contributed by atoms with Crippen LogP contribution in [0.15, 0.2) is 28.8 Å². The summed E-state index contributed by atoms with van der Waals surface area (Å²) in [4.78, 5) is 0. The van der Waals surface area contributed by atoms with Crippen LogP contribution < -0.4 is 5.73 Å². The van der Waals surface area contributed by atoms with E-state index in [0.717, 1.165) is 35.4 Å². The summed E-state index contributed by atoms with van der Waals surface area (Å²) in [5, 5.41) is 4.05. The van der Waals surface area contributed by atoms with Crippen LogP contribution in [0.25, 0.3) is 11.3 Å². The molecule has 0 radical (unpaired) electrons. The van der Waals surface area contributed by atoms with Crippen molar-refractivity contribution in [1.29, 1.82) is 0 Å². The number of aromatic nitrogens is 1. The molecule has 2 rings (SSSR count). The Kier molecular flexibility index (Phi) is 4.38. The molecule has 0 amide bonds. The standard InChI is InChI=1S/C16H22N2O/c1-11(2)10-13-4-6-14(7-5-13)16-15(8-9-17)12(3)18-19-16/h4-7,11H,8-10,17H2,1-3H3. The highest BCUT2D eigenvalue weighted by atomic mass is 16.5. The number of hydrogen-bond donors (Lipinski definition) is 1. The van der Waals surface area contributed by atoms with Crippen molar-refractivity contribution in [3.63, 3.8) is 0 Å². The second kappa shape index (κ2) is 6.02. The van der Waals surface area contributed by atoms with Gasteiger partial charge in [0.05, 0.1) is 5.69 Å². The molecule has 0 aliphatic carbocycles. The van der Waals surface area contributed by atoms with Crippen LogP contribution in [0.4, 0.5) is 0 Å². The zero-order valence-electron chi connectivity index (χ0n) is 11.9. The molecule has 1 heterocycles. The van der Waals surface area contributed by atoms with Crippen molar-refractivity contribution in [2.24, 2.45) is 11.7 Å². The first-order valence-electron chi connectivity index (χ1n) is 6.86. The maximum Gasteiger partial charge on any atom is 0.170 e. The molecule has 3 heteroatoms. The Morgan fingerprint density at radius 2 is 1.89 bits per heavy atom. The van der Waals surface area contributed by atoms with E-state index in [1.165, 1.54) is 5.56 Å². The highest BCUT2D eigenvalue weighted by Crippen LogP contribution is 2.27. The molecule has 0 spiro atoms. The lowest BCUT2D eigenvalue weighted by atomic mass is 9.99. The highest BCUT2D eigenvalue weighted by Gasteiger charge is 2.14. The Hall–Kier alpha value is -1.61. The van der Waals surface area contributed by atoms with Crippen molar-refractivity contribution in [2.75, 3.05) is 6.54 Å². The summed E-state index contributed by atoms with van der Waals surface area (Å²) in [6.07, 6.45) is 1.91. The van der Waals surface area contributed by atoms with Gasteiger partial charge in [0.2, 0.25) is 0 Å². The molecule has 1 aromatic heterocycles. The predicted octanol–water partition coefficient (Wildman–Crippen LogP) is 3.35. The van der Waals surface area contributed by atoms with Gasteiger partial charge in [-0.15, -0.1) is 0 Å². The van der Waals surface area contributed by atoms with Gasteiger partial charge in [0.1, 0.15) is 0 Å². The second-order valence-electron chi connectivity index (χ2n) is 5.41. The van der Waals surface area contributed by atoms with Crippen LogP contribution >= 0.6 is 0 Å². The highest BCUT2D eigenvalue weighted by molar-refractivity contribution is 5.62. The molecule has 0 unspecified atom stereocenters. The van der Waals surface area contributed by atoms with E-state index in [1.807, 2.05) is 6.92 Å². The molecule has 1 aromatic carbocycles. The van der Waals surface area contributed by atoms with E-state index in [4.69, 9.17) is 10.3 Å². The molecule has 3 nitrogen and oxygen atoms in total. The van der Waals surface area contributed by atoms with Crippen LogP contribution in [-0.4, -0.2) is 11.7 Å². The van der Waals surface area contributed by atoms with Crippen LogP contribution in [0.3, 0.4) is 0 Å². The van der Waals surface area contributed by atoms with Gasteiger partial charge in [-0.05, 0) is 37.8 Å². The molecule has 102 valence electrons. The van der Waals surface area contributed by atoms with Gasteiger partial charge >= 0.3 is 0 Å². The molecule has 0 saturated carbocycles. The van der Waals surface area contributed by atoms with Gasteiger partial charge in [-0.3, -0.25) is 0 Å². The van der Waals surface area contributed by atoms with E-state index >= 15 is 0 Å².